The molecule has 1 amide bonds. The van der Waals surface area contributed by atoms with Crippen molar-refractivity contribution in [1.29, 1.82) is 0 Å². The number of nitrogens with two attached hydrogens (primary N) is 1. The van der Waals surface area contributed by atoms with E-state index in [1.807, 2.05) is 0 Å². The van der Waals surface area contributed by atoms with E-state index in [4.69, 9.17) is 5.73 Å². The number of nitrogens with zero attached hydrogens (tertiary/aromatic N) is 2. The Balaban J connectivity index is 0.00000242. The fourth-order valence-electron chi connectivity index (χ4n) is 2.99. The fourth-order valence-corrected chi connectivity index (χ4v) is 2.99. The summed E-state index contributed by atoms with van der Waals surface area (Å²) < 4.78 is 0. The van der Waals surface area contributed by atoms with Crippen LogP contribution in [-0.4, -0.2) is 54.0 Å². The van der Waals surface area contributed by atoms with Crippen molar-refractivity contribution in [3.8, 4) is 5.75 Å². The van der Waals surface area contributed by atoms with Gasteiger partial charge >= 0.3 is 0 Å². The van der Waals surface area contributed by atoms with Crippen LogP contribution in [0, 0.1) is 5.92 Å². The van der Waals surface area contributed by atoms with Crippen molar-refractivity contribution >= 4 is 24.0 Å². The van der Waals surface area contributed by atoms with E-state index in [-0.39, 0.29) is 24.1 Å². The summed E-state index contributed by atoms with van der Waals surface area (Å²) in [6, 6.07) is 4.50. The maximum atomic E-state index is 12.5. The molecule has 124 valence electrons. The minimum absolute atomic E-state index is 0. The number of carbonyl (C=O) groups is 1. The van der Waals surface area contributed by atoms with Gasteiger partial charge in [0.2, 0.25) is 0 Å². The van der Waals surface area contributed by atoms with Crippen LogP contribution in [0.25, 0.3) is 0 Å². The first kappa shape index (κ1) is 18.6. The summed E-state index contributed by atoms with van der Waals surface area (Å²) in [5.74, 6) is 0.444. The zero-order chi connectivity index (χ0) is 15.4. The molecule has 0 saturated carbocycles. The molecule has 0 radical (unpaired) electrons. The summed E-state index contributed by atoms with van der Waals surface area (Å²) in [6.07, 6.45) is 2.35. The lowest BCUT2D eigenvalue weighted by Crippen LogP contribution is -2.41. The second-order valence-electron chi connectivity index (χ2n) is 5.86. The predicted molar refractivity (Wildman–Crippen MR) is 91.6 cm³/mol. The number of carbonyl (C=O) groups excluding carboxylic acids is 1. The number of aromatic hydroxyl groups is 1. The molecular formula is C16H26ClN3O2. The third-order valence-electron chi connectivity index (χ3n) is 4.20. The van der Waals surface area contributed by atoms with Crippen LogP contribution in [0.4, 0.5) is 5.69 Å². The van der Waals surface area contributed by atoms with Crippen molar-refractivity contribution < 1.29 is 9.90 Å². The highest BCUT2D eigenvalue weighted by atomic mass is 35.5. The van der Waals surface area contributed by atoms with Crippen LogP contribution >= 0.6 is 12.4 Å². The van der Waals surface area contributed by atoms with Gasteiger partial charge in [-0.1, -0.05) is 6.92 Å². The maximum absolute atomic E-state index is 12.5. The van der Waals surface area contributed by atoms with Gasteiger partial charge in [0.25, 0.3) is 5.91 Å². The summed E-state index contributed by atoms with van der Waals surface area (Å²) in [5, 5.41) is 9.52. The summed E-state index contributed by atoms with van der Waals surface area (Å²) in [7, 11) is 1.80. The molecule has 6 heteroatoms. The molecule has 0 aliphatic carbocycles. The van der Waals surface area contributed by atoms with Crippen molar-refractivity contribution in [3.05, 3.63) is 23.8 Å². The number of rotatable bonds is 4. The van der Waals surface area contributed by atoms with Gasteiger partial charge in [0.05, 0.1) is 5.56 Å². The van der Waals surface area contributed by atoms with E-state index in [0.29, 0.717) is 17.2 Å². The number of likely N-dealkylation sites (tertiary alicyclic amines) is 1. The lowest BCUT2D eigenvalue weighted by atomic mass is 9.97. The molecule has 3 N–H and O–H groups in total. The van der Waals surface area contributed by atoms with Crippen molar-refractivity contribution in [2.24, 2.45) is 5.92 Å². The summed E-state index contributed by atoms with van der Waals surface area (Å²) in [5.41, 5.74) is 6.62. The van der Waals surface area contributed by atoms with Crippen LogP contribution in [0.5, 0.6) is 5.75 Å². The van der Waals surface area contributed by atoms with E-state index in [0.717, 1.165) is 32.6 Å². The monoisotopic (exact) mass is 327 g/mol. The van der Waals surface area contributed by atoms with Gasteiger partial charge < -0.3 is 20.6 Å². The van der Waals surface area contributed by atoms with Gasteiger partial charge in [-0.3, -0.25) is 4.79 Å². The molecule has 1 atom stereocenters. The largest absolute Gasteiger partial charge is 0.508 e. The Morgan fingerprint density at radius 1 is 1.50 bits per heavy atom. The van der Waals surface area contributed by atoms with Gasteiger partial charge in [0.1, 0.15) is 5.75 Å². The van der Waals surface area contributed by atoms with Gasteiger partial charge in [-0.15, -0.1) is 12.4 Å². The first-order chi connectivity index (χ1) is 10.0. The second-order valence-corrected chi connectivity index (χ2v) is 5.86. The highest BCUT2D eigenvalue weighted by molar-refractivity contribution is 5.99. The third-order valence-corrected chi connectivity index (χ3v) is 4.20. The van der Waals surface area contributed by atoms with E-state index in [9.17, 15) is 9.90 Å². The summed E-state index contributed by atoms with van der Waals surface area (Å²) in [6.45, 7) is 6.16. The molecule has 0 bridgehead atoms. The zero-order valence-corrected chi connectivity index (χ0v) is 14.1. The molecule has 1 aliphatic rings. The number of piperidine rings is 1. The van der Waals surface area contributed by atoms with Crippen molar-refractivity contribution in [1.82, 2.24) is 9.80 Å². The van der Waals surface area contributed by atoms with Crippen LogP contribution in [0.3, 0.4) is 0 Å². The molecule has 22 heavy (non-hydrogen) atoms. The van der Waals surface area contributed by atoms with Crippen LogP contribution in [0.15, 0.2) is 18.2 Å². The third kappa shape index (κ3) is 4.52. The van der Waals surface area contributed by atoms with E-state index in [2.05, 4.69) is 11.8 Å². The van der Waals surface area contributed by atoms with E-state index >= 15 is 0 Å². The topological polar surface area (TPSA) is 69.8 Å². The quantitative estimate of drug-likeness (QED) is 0.657. The Kier molecular flexibility index (Phi) is 6.97. The fraction of sp³-hybridized carbons (Fsp3) is 0.562. The van der Waals surface area contributed by atoms with E-state index in [1.165, 1.54) is 18.6 Å². The standard InChI is InChI=1S/C16H25N3O2.ClH/c1-3-19-8-4-5-12(11-19)10-18(2)16(21)14-9-13(20)6-7-15(14)17;/h6-7,9,12,20H,3-5,8,10-11,17H2,1-2H3;1H. The number of hydrogen-bond donors (Lipinski definition) is 2. The lowest BCUT2D eigenvalue weighted by Gasteiger charge is -2.34. The Morgan fingerprint density at radius 3 is 2.91 bits per heavy atom. The minimum atomic E-state index is -0.128. The molecule has 1 aliphatic heterocycles. The van der Waals surface area contributed by atoms with Crippen molar-refractivity contribution in [2.45, 2.75) is 19.8 Å². The number of anilines is 1. The lowest BCUT2D eigenvalue weighted by molar-refractivity contribution is 0.0733. The molecule has 1 aromatic carbocycles. The average molecular weight is 328 g/mol. The number of amides is 1. The molecule has 1 unspecified atom stereocenters. The van der Waals surface area contributed by atoms with E-state index in [1.54, 1.807) is 18.0 Å². The average Bonchev–Trinajstić information content (AvgIpc) is 2.49. The molecule has 5 nitrogen and oxygen atoms in total. The smallest absolute Gasteiger partial charge is 0.255 e. The molecule has 1 aromatic rings. The zero-order valence-electron chi connectivity index (χ0n) is 13.3. The van der Waals surface area contributed by atoms with Crippen LogP contribution in [-0.2, 0) is 0 Å². The number of benzene rings is 1. The number of hydrogen-bond acceptors (Lipinski definition) is 4. The number of phenolic OH excluding ortho intramolecular Hbond substituents is 1. The van der Waals surface area contributed by atoms with Crippen molar-refractivity contribution in [2.75, 3.05) is 39.0 Å². The molecular weight excluding hydrogens is 302 g/mol. The normalized spacial score (nSPS) is 18.5. The highest BCUT2D eigenvalue weighted by Crippen LogP contribution is 2.22. The molecule has 0 aromatic heterocycles. The Morgan fingerprint density at radius 2 is 2.23 bits per heavy atom. The number of halogens is 1. The first-order valence-corrected chi connectivity index (χ1v) is 7.57. The molecule has 1 fully saturated rings. The Labute approximate surface area is 138 Å². The predicted octanol–water partition coefficient (Wildman–Crippen LogP) is 2.20. The molecule has 0 spiro atoms. The van der Waals surface area contributed by atoms with Gasteiger partial charge in [0.15, 0.2) is 0 Å². The number of nitrogen functional groups attached to an aromatic ring is 1. The van der Waals surface area contributed by atoms with Gasteiger partial charge in [-0.25, -0.2) is 0 Å². The Bertz CT molecular complexity index is 510. The van der Waals surface area contributed by atoms with Gasteiger partial charge in [0, 0.05) is 25.8 Å². The highest BCUT2D eigenvalue weighted by Gasteiger charge is 2.23. The van der Waals surface area contributed by atoms with Gasteiger partial charge in [-0.05, 0) is 50.0 Å². The minimum Gasteiger partial charge on any atom is -0.508 e. The van der Waals surface area contributed by atoms with Crippen LogP contribution in [0.2, 0.25) is 0 Å². The van der Waals surface area contributed by atoms with Crippen LogP contribution < -0.4 is 5.73 Å². The molecule has 1 saturated heterocycles. The first-order valence-electron chi connectivity index (χ1n) is 7.57. The maximum Gasteiger partial charge on any atom is 0.255 e. The SMILES string of the molecule is CCN1CCCC(CN(C)C(=O)c2cc(O)ccc2N)C1.Cl. The van der Waals surface area contributed by atoms with Crippen LogP contribution in [0.1, 0.15) is 30.1 Å². The van der Waals surface area contributed by atoms with Gasteiger partial charge in [-0.2, -0.15) is 0 Å². The van der Waals surface area contributed by atoms with Crippen molar-refractivity contribution in [3.63, 3.8) is 0 Å². The number of phenols is 1. The summed E-state index contributed by atoms with van der Waals surface area (Å²) >= 11 is 0. The van der Waals surface area contributed by atoms with E-state index < -0.39 is 0 Å². The molecule has 1 heterocycles. The second kappa shape index (κ2) is 8.25. The summed E-state index contributed by atoms with van der Waals surface area (Å²) in [4.78, 5) is 16.6. The molecule has 2 rings (SSSR count). The Hall–Kier alpha value is -1.46.